The van der Waals surface area contributed by atoms with Crippen LogP contribution in [0.5, 0.6) is 0 Å². The second-order valence-corrected chi connectivity index (χ2v) is 12.0. The van der Waals surface area contributed by atoms with Gasteiger partial charge < -0.3 is 0 Å². The summed E-state index contributed by atoms with van der Waals surface area (Å²) in [6.07, 6.45) is 1.88. The van der Waals surface area contributed by atoms with E-state index >= 15 is 0 Å². The van der Waals surface area contributed by atoms with Crippen molar-refractivity contribution in [2.45, 2.75) is 19.3 Å². The highest BCUT2D eigenvalue weighted by molar-refractivity contribution is 6.24. The number of para-hydroxylation sites is 1. The molecule has 0 spiro atoms. The number of hydrogen-bond acceptors (Lipinski definition) is 1. The molecule has 0 N–H and O–H groups in total. The van der Waals surface area contributed by atoms with Crippen molar-refractivity contribution in [3.8, 4) is 28.1 Å². The molecule has 0 fully saturated rings. The Morgan fingerprint density at radius 2 is 1.29 bits per heavy atom. The first kappa shape index (κ1) is 23.5. The zero-order chi connectivity index (χ0) is 28.0. The molecule has 0 unspecified atom stereocenters. The van der Waals surface area contributed by atoms with E-state index in [-0.39, 0.29) is 5.41 Å². The molecule has 6 aromatic carbocycles. The lowest BCUT2D eigenvalue weighted by molar-refractivity contribution is 0.661. The molecule has 2 nitrogen and oxygen atoms in total. The summed E-state index contributed by atoms with van der Waals surface area (Å²) in [5.41, 5.74) is 10.3. The summed E-state index contributed by atoms with van der Waals surface area (Å²) in [4.78, 5) is 4.78. The molecule has 0 aliphatic heterocycles. The minimum absolute atomic E-state index is 0.0898. The molecule has 0 saturated heterocycles. The largest absolute Gasteiger partial charge is 0.294 e. The maximum atomic E-state index is 4.78. The average molecular weight is 537 g/mol. The quantitative estimate of drug-likeness (QED) is 0.215. The Morgan fingerprint density at radius 3 is 2.12 bits per heavy atom. The minimum Gasteiger partial charge on any atom is -0.294 e. The number of fused-ring (bicyclic) bond motifs is 10. The van der Waals surface area contributed by atoms with E-state index in [2.05, 4.69) is 140 Å². The van der Waals surface area contributed by atoms with E-state index in [0.29, 0.717) is 0 Å². The van der Waals surface area contributed by atoms with E-state index in [1.54, 1.807) is 0 Å². The van der Waals surface area contributed by atoms with Crippen molar-refractivity contribution in [2.24, 2.45) is 0 Å². The summed E-state index contributed by atoms with van der Waals surface area (Å²) in [6.45, 7) is 4.74. The highest BCUT2D eigenvalue weighted by Gasteiger charge is 2.36. The number of rotatable bonds is 2. The summed E-state index contributed by atoms with van der Waals surface area (Å²) in [5, 5.41) is 7.69. The van der Waals surface area contributed by atoms with Gasteiger partial charge in [0, 0.05) is 22.4 Å². The molecule has 0 amide bonds. The second-order valence-electron chi connectivity index (χ2n) is 12.0. The smallest absolute Gasteiger partial charge is 0.137 e. The fraction of sp³-hybridized carbons (Fsp3) is 0.0750. The number of aromatic nitrogens is 2. The van der Waals surface area contributed by atoms with Gasteiger partial charge in [-0.25, -0.2) is 4.98 Å². The van der Waals surface area contributed by atoms with Crippen LogP contribution in [-0.4, -0.2) is 9.55 Å². The van der Waals surface area contributed by atoms with E-state index in [1.165, 1.54) is 76.7 Å². The van der Waals surface area contributed by atoms with E-state index in [0.717, 1.165) is 5.82 Å². The number of nitrogens with zero attached hydrogens (tertiary/aromatic N) is 2. The van der Waals surface area contributed by atoms with Gasteiger partial charge in [0.25, 0.3) is 0 Å². The number of pyridine rings is 1. The Hall–Kier alpha value is -5.21. The highest BCUT2D eigenvalue weighted by Crippen LogP contribution is 2.52. The molecular formula is C40H28N2. The summed E-state index contributed by atoms with van der Waals surface area (Å²) in [6, 6.07) is 46.6. The first-order valence-corrected chi connectivity index (χ1v) is 14.6. The molecule has 0 bridgehead atoms. The van der Waals surface area contributed by atoms with Gasteiger partial charge in [-0.3, -0.25) is 4.57 Å². The van der Waals surface area contributed by atoms with Crippen molar-refractivity contribution in [1.29, 1.82) is 0 Å². The maximum Gasteiger partial charge on any atom is 0.137 e. The zero-order valence-electron chi connectivity index (χ0n) is 23.6. The third-order valence-corrected chi connectivity index (χ3v) is 9.43. The van der Waals surface area contributed by atoms with E-state index < -0.39 is 0 Å². The van der Waals surface area contributed by atoms with Crippen LogP contribution in [0.25, 0.3) is 71.4 Å². The minimum atomic E-state index is -0.0898. The van der Waals surface area contributed by atoms with Crippen LogP contribution in [0.15, 0.2) is 134 Å². The van der Waals surface area contributed by atoms with Gasteiger partial charge in [-0.05, 0) is 85.3 Å². The molecule has 8 aromatic rings. The first-order valence-electron chi connectivity index (χ1n) is 14.6. The lowest BCUT2D eigenvalue weighted by Crippen LogP contribution is -2.15. The molecule has 0 saturated carbocycles. The van der Waals surface area contributed by atoms with Crippen LogP contribution in [0.4, 0.5) is 0 Å². The Kier molecular flexibility index (Phi) is 4.70. The third-order valence-electron chi connectivity index (χ3n) is 9.43. The number of hydrogen-bond donors (Lipinski definition) is 0. The van der Waals surface area contributed by atoms with Crippen LogP contribution in [0.3, 0.4) is 0 Å². The monoisotopic (exact) mass is 536 g/mol. The predicted molar refractivity (Wildman–Crippen MR) is 177 cm³/mol. The highest BCUT2D eigenvalue weighted by atomic mass is 15.1. The lowest BCUT2D eigenvalue weighted by Gasteiger charge is -2.22. The Labute approximate surface area is 244 Å². The molecule has 2 heteroatoms. The third kappa shape index (κ3) is 3.07. The van der Waals surface area contributed by atoms with Crippen LogP contribution in [-0.2, 0) is 5.41 Å². The van der Waals surface area contributed by atoms with Crippen LogP contribution in [0.1, 0.15) is 25.0 Å². The van der Waals surface area contributed by atoms with Gasteiger partial charge in [0.1, 0.15) is 5.82 Å². The van der Waals surface area contributed by atoms with Gasteiger partial charge in [0.2, 0.25) is 0 Å². The average Bonchev–Trinajstić information content (AvgIpc) is 3.50. The molecule has 2 heterocycles. The van der Waals surface area contributed by atoms with E-state index in [9.17, 15) is 0 Å². The molecule has 42 heavy (non-hydrogen) atoms. The second kappa shape index (κ2) is 8.41. The van der Waals surface area contributed by atoms with Crippen LogP contribution in [0.2, 0.25) is 0 Å². The molecule has 1 aliphatic rings. The van der Waals surface area contributed by atoms with Crippen molar-refractivity contribution < 1.29 is 0 Å². The summed E-state index contributed by atoms with van der Waals surface area (Å²) < 4.78 is 2.32. The molecule has 9 rings (SSSR count). The molecule has 1 aliphatic carbocycles. The molecule has 0 radical (unpaired) electrons. The first-order chi connectivity index (χ1) is 20.6. The standard InChI is InChI=1S/C40H28N2/c1-40(2)33-21-19-25-11-3-4-12-27(25)38(33)30-20-18-26(23-34(30)40)32-24-36-39(29-14-6-5-13-28(29)32)31-15-7-8-16-35(31)42(36)37-17-9-10-22-41-37/h3-24H,1-2H3. The van der Waals surface area contributed by atoms with Crippen molar-refractivity contribution in [3.05, 3.63) is 145 Å². The summed E-state index contributed by atoms with van der Waals surface area (Å²) >= 11 is 0. The lowest BCUT2D eigenvalue weighted by atomic mass is 9.81. The Balaban J connectivity index is 1.36. The number of benzene rings is 6. The normalized spacial score (nSPS) is 13.7. The Bertz CT molecular complexity index is 2370. The molecular weight excluding hydrogens is 508 g/mol. The van der Waals surface area contributed by atoms with Gasteiger partial charge in [-0.15, -0.1) is 0 Å². The van der Waals surface area contributed by atoms with E-state index in [1.807, 2.05) is 12.3 Å². The van der Waals surface area contributed by atoms with Gasteiger partial charge in [0.15, 0.2) is 0 Å². The topological polar surface area (TPSA) is 17.8 Å². The van der Waals surface area contributed by atoms with Crippen LogP contribution in [0, 0.1) is 0 Å². The Morgan fingerprint density at radius 1 is 0.548 bits per heavy atom. The van der Waals surface area contributed by atoms with Gasteiger partial charge >= 0.3 is 0 Å². The van der Waals surface area contributed by atoms with Crippen LogP contribution >= 0.6 is 0 Å². The predicted octanol–water partition coefficient (Wildman–Crippen LogP) is 10.5. The van der Waals surface area contributed by atoms with Crippen LogP contribution < -0.4 is 0 Å². The molecule has 0 atom stereocenters. The van der Waals surface area contributed by atoms with Crippen molar-refractivity contribution in [1.82, 2.24) is 9.55 Å². The maximum absolute atomic E-state index is 4.78. The van der Waals surface area contributed by atoms with Crippen molar-refractivity contribution >= 4 is 43.4 Å². The van der Waals surface area contributed by atoms with Crippen molar-refractivity contribution in [2.75, 3.05) is 0 Å². The zero-order valence-corrected chi connectivity index (χ0v) is 23.6. The fourth-order valence-electron chi connectivity index (χ4n) is 7.48. The summed E-state index contributed by atoms with van der Waals surface area (Å²) in [5.74, 6) is 0.933. The van der Waals surface area contributed by atoms with Gasteiger partial charge in [-0.1, -0.05) is 111 Å². The molecule has 2 aromatic heterocycles. The summed E-state index contributed by atoms with van der Waals surface area (Å²) in [7, 11) is 0. The van der Waals surface area contributed by atoms with Crippen molar-refractivity contribution in [3.63, 3.8) is 0 Å². The molecule has 198 valence electrons. The SMILES string of the molecule is CC1(C)c2cc(-c3cc4c(c5ccccc35)c3ccccc3n4-c3ccccn3)ccc2-c2c1ccc1ccccc21. The van der Waals surface area contributed by atoms with Gasteiger partial charge in [-0.2, -0.15) is 0 Å². The van der Waals surface area contributed by atoms with Gasteiger partial charge in [0.05, 0.1) is 11.0 Å². The van der Waals surface area contributed by atoms with E-state index in [4.69, 9.17) is 4.98 Å². The fourth-order valence-corrected chi connectivity index (χ4v) is 7.48.